The number of carbonyl (C=O) groups excluding carboxylic acids is 1. The van der Waals surface area contributed by atoms with E-state index in [1.165, 1.54) is 0 Å². The molecular formula is C9H15F3N2OS. The molecule has 1 rings (SSSR count). The van der Waals surface area contributed by atoms with E-state index >= 15 is 0 Å². The van der Waals surface area contributed by atoms with Crippen molar-refractivity contribution in [3.05, 3.63) is 0 Å². The molecule has 1 atom stereocenters. The number of thioether (sulfide) groups is 1. The second-order valence-electron chi connectivity index (χ2n) is 3.55. The second-order valence-corrected chi connectivity index (χ2v) is 4.70. The fraction of sp³-hybridized carbons (Fsp3) is 0.889. The summed E-state index contributed by atoms with van der Waals surface area (Å²) in [5.41, 5.74) is 0. The van der Waals surface area contributed by atoms with Crippen molar-refractivity contribution in [1.82, 2.24) is 10.2 Å². The minimum Gasteiger partial charge on any atom is -0.332 e. The Labute approximate surface area is 96.7 Å². The quantitative estimate of drug-likeness (QED) is 0.820. The van der Waals surface area contributed by atoms with Gasteiger partial charge in [-0.1, -0.05) is 0 Å². The molecule has 16 heavy (non-hydrogen) atoms. The number of halogens is 3. The second kappa shape index (κ2) is 5.77. The Kier molecular flexibility index (Phi) is 4.91. The van der Waals surface area contributed by atoms with Crippen LogP contribution in [0.3, 0.4) is 0 Å². The zero-order valence-electron chi connectivity index (χ0n) is 9.01. The van der Waals surface area contributed by atoms with Crippen molar-refractivity contribution in [2.45, 2.75) is 19.1 Å². The van der Waals surface area contributed by atoms with Crippen molar-refractivity contribution >= 4 is 17.7 Å². The molecule has 1 aliphatic heterocycles. The summed E-state index contributed by atoms with van der Waals surface area (Å²) < 4.78 is 36.6. The lowest BCUT2D eigenvalue weighted by Crippen LogP contribution is -2.52. The van der Waals surface area contributed by atoms with Gasteiger partial charge in [0, 0.05) is 24.6 Å². The molecule has 0 bridgehead atoms. The first-order chi connectivity index (χ1) is 7.44. The Hall–Kier alpha value is -0.430. The van der Waals surface area contributed by atoms with Crippen LogP contribution >= 0.6 is 11.8 Å². The predicted molar refractivity (Wildman–Crippen MR) is 57.4 cm³/mol. The molecule has 0 aromatic rings. The SMILES string of the molecule is CCN(CC(F)(F)F)C(=O)C1CSCCN1. The van der Waals surface area contributed by atoms with E-state index in [-0.39, 0.29) is 6.54 Å². The fourth-order valence-corrected chi connectivity index (χ4v) is 2.43. The summed E-state index contributed by atoms with van der Waals surface area (Å²) in [5, 5.41) is 2.94. The Balaban J connectivity index is 2.54. The molecule has 1 fully saturated rings. The lowest BCUT2D eigenvalue weighted by Gasteiger charge is -2.29. The molecule has 1 amide bonds. The molecule has 1 saturated heterocycles. The maximum Gasteiger partial charge on any atom is 0.406 e. The summed E-state index contributed by atoms with van der Waals surface area (Å²) in [4.78, 5) is 12.6. The van der Waals surface area contributed by atoms with Crippen LogP contribution < -0.4 is 5.32 Å². The van der Waals surface area contributed by atoms with Gasteiger partial charge in [0.15, 0.2) is 0 Å². The first-order valence-corrected chi connectivity index (χ1v) is 6.26. The molecule has 1 aliphatic rings. The number of hydrogen-bond donors (Lipinski definition) is 1. The molecular weight excluding hydrogens is 241 g/mol. The summed E-state index contributed by atoms with van der Waals surface area (Å²) in [7, 11) is 0. The summed E-state index contributed by atoms with van der Waals surface area (Å²) in [6, 6.07) is -0.471. The van der Waals surface area contributed by atoms with Gasteiger partial charge in [-0.05, 0) is 6.92 Å². The number of rotatable bonds is 3. The van der Waals surface area contributed by atoms with Crippen LogP contribution in [0.2, 0.25) is 0 Å². The number of hydrogen-bond acceptors (Lipinski definition) is 3. The third-order valence-electron chi connectivity index (χ3n) is 2.28. The summed E-state index contributed by atoms with van der Waals surface area (Å²) in [6.07, 6.45) is -4.33. The van der Waals surface area contributed by atoms with E-state index in [1.54, 1.807) is 18.7 Å². The monoisotopic (exact) mass is 256 g/mol. The van der Waals surface area contributed by atoms with Crippen molar-refractivity contribution in [2.24, 2.45) is 0 Å². The van der Waals surface area contributed by atoms with Crippen molar-refractivity contribution < 1.29 is 18.0 Å². The standard InChI is InChI=1S/C9H15F3N2OS/c1-2-14(6-9(10,11)12)8(15)7-5-16-4-3-13-7/h7,13H,2-6H2,1H3. The normalized spacial score (nSPS) is 21.9. The van der Waals surface area contributed by atoms with Gasteiger partial charge >= 0.3 is 6.18 Å². The average Bonchev–Trinajstić information content (AvgIpc) is 2.25. The molecule has 1 unspecified atom stereocenters. The van der Waals surface area contributed by atoms with Gasteiger partial charge in [0.1, 0.15) is 6.54 Å². The summed E-state index contributed by atoms with van der Waals surface area (Å²) in [6.45, 7) is 1.15. The van der Waals surface area contributed by atoms with E-state index in [2.05, 4.69) is 5.32 Å². The minimum atomic E-state index is -4.33. The maximum atomic E-state index is 12.2. The predicted octanol–water partition coefficient (Wildman–Crippen LogP) is 1.10. The Bertz CT molecular complexity index is 241. The highest BCUT2D eigenvalue weighted by Crippen LogP contribution is 2.18. The van der Waals surface area contributed by atoms with E-state index in [4.69, 9.17) is 0 Å². The van der Waals surface area contributed by atoms with E-state index in [0.717, 1.165) is 10.7 Å². The lowest BCUT2D eigenvalue weighted by atomic mass is 10.2. The minimum absolute atomic E-state index is 0.0845. The van der Waals surface area contributed by atoms with E-state index in [0.29, 0.717) is 12.3 Å². The van der Waals surface area contributed by atoms with Crippen LogP contribution in [0.1, 0.15) is 6.92 Å². The number of nitrogens with one attached hydrogen (secondary N) is 1. The van der Waals surface area contributed by atoms with Crippen LogP contribution in [0, 0.1) is 0 Å². The molecule has 7 heteroatoms. The van der Waals surface area contributed by atoms with Gasteiger partial charge in [0.2, 0.25) is 5.91 Å². The topological polar surface area (TPSA) is 32.3 Å². The molecule has 3 nitrogen and oxygen atoms in total. The van der Waals surface area contributed by atoms with Crippen LogP contribution in [-0.2, 0) is 4.79 Å². The van der Waals surface area contributed by atoms with Crippen LogP contribution in [0.15, 0.2) is 0 Å². The van der Waals surface area contributed by atoms with Gasteiger partial charge in [-0.25, -0.2) is 0 Å². The number of carbonyl (C=O) groups is 1. The molecule has 0 aromatic carbocycles. The van der Waals surface area contributed by atoms with Gasteiger partial charge in [0.25, 0.3) is 0 Å². The van der Waals surface area contributed by atoms with E-state index in [1.807, 2.05) is 0 Å². The number of likely N-dealkylation sites (N-methyl/N-ethyl adjacent to an activating group) is 1. The number of nitrogens with zero attached hydrogens (tertiary/aromatic N) is 1. The molecule has 1 N–H and O–H groups in total. The van der Waals surface area contributed by atoms with Crippen LogP contribution in [0.5, 0.6) is 0 Å². The first-order valence-electron chi connectivity index (χ1n) is 5.10. The zero-order valence-corrected chi connectivity index (χ0v) is 9.83. The third-order valence-corrected chi connectivity index (χ3v) is 3.35. The first kappa shape index (κ1) is 13.6. The van der Waals surface area contributed by atoms with E-state index in [9.17, 15) is 18.0 Å². The third kappa shape index (κ3) is 4.21. The molecule has 0 radical (unpaired) electrons. The Morgan fingerprint density at radius 3 is 2.69 bits per heavy atom. The summed E-state index contributed by atoms with van der Waals surface area (Å²) >= 11 is 1.59. The average molecular weight is 256 g/mol. The molecule has 1 heterocycles. The zero-order chi connectivity index (χ0) is 12.2. The highest BCUT2D eigenvalue weighted by Gasteiger charge is 2.34. The van der Waals surface area contributed by atoms with Crippen molar-refractivity contribution in [3.8, 4) is 0 Å². The molecule has 0 spiro atoms. The van der Waals surface area contributed by atoms with Gasteiger partial charge in [-0.2, -0.15) is 24.9 Å². The number of alkyl halides is 3. The highest BCUT2D eigenvalue weighted by molar-refractivity contribution is 7.99. The number of amides is 1. The summed E-state index contributed by atoms with van der Waals surface area (Å²) in [5.74, 6) is 0.995. The molecule has 0 aliphatic carbocycles. The molecule has 0 aromatic heterocycles. The Morgan fingerprint density at radius 1 is 1.56 bits per heavy atom. The van der Waals surface area contributed by atoms with Gasteiger partial charge in [-0.3, -0.25) is 4.79 Å². The lowest BCUT2D eigenvalue weighted by molar-refractivity contribution is -0.161. The van der Waals surface area contributed by atoms with Gasteiger partial charge in [-0.15, -0.1) is 0 Å². The highest BCUT2D eigenvalue weighted by atomic mass is 32.2. The largest absolute Gasteiger partial charge is 0.406 e. The van der Waals surface area contributed by atoms with Crippen molar-refractivity contribution in [2.75, 3.05) is 31.1 Å². The van der Waals surface area contributed by atoms with E-state index < -0.39 is 24.7 Å². The van der Waals surface area contributed by atoms with Gasteiger partial charge < -0.3 is 10.2 Å². The van der Waals surface area contributed by atoms with Gasteiger partial charge in [0.05, 0.1) is 6.04 Å². The maximum absolute atomic E-state index is 12.2. The molecule has 0 saturated carbocycles. The smallest absolute Gasteiger partial charge is 0.332 e. The van der Waals surface area contributed by atoms with Crippen molar-refractivity contribution in [1.29, 1.82) is 0 Å². The Morgan fingerprint density at radius 2 is 2.25 bits per heavy atom. The van der Waals surface area contributed by atoms with Crippen molar-refractivity contribution in [3.63, 3.8) is 0 Å². The van der Waals surface area contributed by atoms with Crippen LogP contribution in [-0.4, -0.2) is 54.2 Å². The van der Waals surface area contributed by atoms with Crippen LogP contribution in [0.25, 0.3) is 0 Å². The van der Waals surface area contributed by atoms with Crippen LogP contribution in [0.4, 0.5) is 13.2 Å². The fourth-order valence-electron chi connectivity index (χ4n) is 1.51. The molecule has 94 valence electrons.